The van der Waals surface area contributed by atoms with Gasteiger partial charge >= 0.3 is 12.0 Å². The lowest BCUT2D eigenvalue weighted by Crippen LogP contribution is -2.54. The molecule has 0 spiro atoms. The number of ether oxygens (including phenoxy) is 1. The van der Waals surface area contributed by atoms with Gasteiger partial charge in [-0.2, -0.15) is 11.8 Å². The molecule has 2 amide bonds. The second-order valence-corrected chi connectivity index (χ2v) is 5.77. The van der Waals surface area contributed by atoms with Crippen LogP contribution in [0.3, 0.4) is 0 Å². The molecule has 1 aliphatic heterocycles. The number of thioether (sulfide) groups is 1. The number of carbonyl (C=O) groups is 2. The van der Waals surface area contributed by atoms with Gasteiger partial charge in [0.15, 0.2) is 0 Å². The van der Waals surface area contributed by atoms with Crippen molar-refractivity contribution in [3.63, 3.8) is 0 Å². The largest absolute Gasteiger partial charge is 0.480 e. The van der Waals surface area contributed by atoms with Crippen molar-refractivity contribution in [1.29, 1.82) is 0 Å². The van der Waals surface area contributed by atoms with E-state index >= 15 is 0 Å². The van der Waals surface area contributed by atoms with Gasteiger partial charge in [-0.25, -0.2) is 9.59 Å². The molecular weight excluding hydrogens is 268 g/mol. The van der Waals surface area contributed by atoms with Crippen molar-refractivity contribution >= 4 is 23.8 Å². The number of carboxylic acids is 1. The summed E-state index contributed by atoms with van der Waals surface area (Å²) >= 11 is 1.56. The van der Waals surface area contributed by atoms with E-state index in [4.69, 9.17) is 9.84 Å². The maximum atomic E-state index is 12.1. The Hall–Kier alpha value is -0.950. The highest BCUT2D eigenvalue weighted by Gasteiger charge is 2.28. The lowest BCUT2D eigenvalue weighted by Gasteiger charge is -2.35. The number of rotatable bonds is 5. The molecule has 2 N–H and O–H groups in total. The van der Waals surface area contributed by atoms with Crippen LogP contribution in [0.15, 0.2) is 0 Å². The van der Waals surface area contributed by atoms with Crippen LogP contribution >= 0.6 is 11.8 Å². The van der Waals surface area contributed by atoms with Crippen LogP contribution in [0.1, 0.15) is 20.3 Å². The molecule has 0 bridgehead atoms. The van der Waals surface area contributed by atoms with Crippen LogP contribution < -0.4 is 5.32 Å². The molecule has 1 fully saturated rings. The van der Waals surface area contributed by atoms with Crippen molar-refractivity contribution in [2.24, 2.45) is 0 Å². The smallest absolute Gasteiger partial charge is 0.326 e. The summed E-state index contributed by atoms with van der Waals surface area (Å²) in [6, 6.07) is -1.15. The average molecular weight is 290 g/mol. The topological polar surface area (TPSA) is 78.9 Å². The van der Waals surface area contributed by atoms with Gasteiger partial charge < -0.3 is 20.1 Å². The quantitative estimate of drug-likeness (QED) is 0.790. The van der Waals surface area contributed by atoms with Crippen molar-refractivity contribution < 1.29 is 19.4 Å². The Labute approximate surface area is 117 Å². The summed E-state index contributed by atoms with van der Waals surface area (Å²) in [6.07, 6.45) is 2.29. The number of carboxylic acid groups (broad SMARTS) is 1. The van der Waals surface area contributed by atoms with E-state index in [-0.39, 0.29) is 18.2 Å². The predicted molar refractivity (Wildman–Crippen MR) is 74.5 cm³/mol. The number of hydrogen-bond acceptors (Lipinski definition) is 4. The molecule has 0 aliphatic carbocycles. The molecule has 0 saturated carbocycles. The van der Waals surface area contributed by atoms with Crippen LogP contribution in [0.5, 0.6) is 0 Å². The van der Waals surface area contributed by atoms with E-state index in [2.05, 4.69) is 5.32 Å². The molecule has 7 heteroatoms. The van der Waals surface area contributed by atoms with Gasteiger partial charge in [-0.1, -0.05) is 0 Å². The van der Waals surface area contributed by atoms with E-state index in [1.165, 1.54) is 0 Å². The summed E-state index contributed by atoms with van der Waals surface area (Å²) in [5, 5.41) is 11.7. The third-order valence-electron chi connectivity index (χ3n) is 2.91. The van der Waals surface area contributed by atoms with Crippen LogP contribution in [0.25, 0.3) is 0 Å². The van der Waals surface area contributed by atoms with Crippen molar-refractivity contribution in [2.75, 3.05) is 25.1 Å². The fourth-order valence-electron chi connectivity index (χ4n) is 2.08. The van der Waals surface area contributed by atoms with Crippen molar-refractivity contribution in [1.82, 2.24) is 10.2 Å². The van der Waals surface area contributed by atoms with Crippen LogP contribution in [-0.2, 0) is 9.53 Å². The zero-order valence-corrected chi connectivity index (χ0v) is 12.4. The molecule has 2 unspecified atom stereocenters. The van der Waals surface area contributed by atoms with E-state index in [1.54, 1.807) is 16.7 Å². The summed E-state index contributed by atoms with van der Waals surface area (Å²) in [4.78, 5) is 24.8. The predicted octanol–water partition coefficient (Wildman–Crippen LogP) is 1.01. The van der Waals surface area contributed by atoms with Crippen LogP contribution in [-0.4, -0.2) is 65.4 Å². The van der Waals surface area contributed by atoms with Gasteiger partial charge in [-0.05, 0) is 32.3 Å². The van der Waals surface area contributed by atoms with E-state index in [1.807, 2.05) is 20.1 Å². The minimum absolute atomic E-state index is 0.0241. The number of morpholine rings is 1. The molecule has 1 aliphatic rings. The first-order chi connectivity index (χ1) is 8.93. The highest BCUT2D eigenvalue weighted by atomic mass is 32.2. The maximum absolute atomic E-state index is 12.1. The Morgan fingerprint density at radius 3 is 2.47 bits per heavy atom. The molecule has 1 heterocycles. The van der Waals surface area contributed by atoms with Gasteiger partial charge in [0.1, 0.15) is 6.04 Å². The highest BCUT2D eigenvalue weighted by Crippen LogP contribution is 2.11. The average Bonchev–Trinajstić information content (AvgIpc) is 2.32. The number of carbonyl (C=O) groups excluding carboxylic acids is 1. The van der Waals surface area contributed by atoms with Crippen LogP contribution in [0.4, 0.5) is 4.79 Å². The standard InChI is InChI=1S/C12H22N2O4S/c1-8-6-14(7-9(2)18-8)12(17)13-10(11(15)16)4-5-19-3/h8-10H,4-7H2,1-3H3,(H,13,17)(H,15,16)/t8?,9?,10-/m0/s1. The Kier molecular flexibility index (Phi) is 6.44. The number of nitrogens with one attached hydrogen (secondary N) is 1. The Bertz CT molecular complexity index is 317. The molecule has 0 aromatic carbocycles. The number of nitrogens with zero attached hydrogens (tertiary/aromatic N) is 1. The van der Waals surface area contributed by atoms with Crippen molar-refractivity contribution in [2.45, 2.75) is 38.5 Å². The first-order valence-electron chi connectivity index (χ1n) is 6.36. The first-order valence-corrected chi connectivity index (χ1v) is 7.76. The lowest BCUT2D eigenvalue weighted by atomic mass is 10.2. The lowest BCUT2D eigenvalue weighted by molar-refractivity contribution is -0.139. The van der Waals surface area contributed by atoms with Gasteiger partial charge in [0.25, 0.3) is 0 Å². The molecule has 0 radical (unpaired) electrons. The molecule has 1 saturated heterocycles. The minimum atomic E-state index is -0.989. The summed E-state index contributed by atoms with van der Waals surface area (Å²) in [5.41, 5.74) is 0. The van der Waals surface area contributed by atoms with E-state index < -0.39 is 12.0 Å². The second kappa shape index (κ2) is 7.59. The fraction of sp³-hybridized carbons (Fsp3) is 0.833. The molecule has 0 aromatic rings. The van der Waals surface area contributed by atoms with E-state index in [0.29, 0.717) is 25.3 Å². The van der Waals surface area contributed by atoms with Crippen molar-refractivity contribution in [3.05, 3.63) is 0 Å². The molecular formula is C12H22N2O4S. The molecule has 6 nitrogen and oxygen atoms in total. The Morgan fingerprint density at radius 2 is 2.00 bits per heavy atom. The Balaban J connectivity index is 2.53. The third-order valence-corrected chi connectivity index (χ3v) is 3.56. The zero-order valence-electron chi connectivity index (χ0n) is 11.6. The Morgan fingerprint density at radius 1 is 1.42 bits per heavy atom. The number of hydrogen-bond donors (Lipinski definition) is 2. The molecule has 19 heavy (non-hydrogen) atoms. The summed E-state index contributed by atoms with van der Waals surface area (Å²) in [5.74, 6) is -0.288. The molecule has 1 rings (SSSR count). The van der Waals surface area contributed by atoms with Gasteiger partial charge in [-0.3, -0.25) is 0 Å². The SMILES string of the molecule is CSCC[C@H](NC(=O)N1CC(C)OC(C)C1)C(=O)O. The zero-order chi connectivity index (χ0) is 14.4. The van der Waals surface area contributed by atoms with Crippen LogP contribution in [0, 0.1) is 0 Å². The highest BCUT2D eigenvalue weighted by molar-refractivity contribution is 7.98. The van der Waals surface area contributed by atoms with E-state index in [0.717, 1.165) is 0 Å². The van der Waals surface area contributed by atoms with Crippen molar-refractivity contribution in [3.8, 4) is 0 Å². The first kappa shape index (κ1) is 16.1. The minimum Gasteiger partial charge on any atom is -0.480 e. The molecule has 110 valence electrons. The molecule has 0 aromatic heterocycles. The van der Waals surface area contributed by atoms with E-state index in [9.17, 15) is 9.59 Å². The molecule has 3 atom stereocenters. The third kappa shape index (κ3) is 5.28. The van der Waals surface area contributed by atoms with Crippen LogP contribution in [0.2, 0.25) is 0 Å². The summed E-state index contributed by atoms with van der Waals surface area (Å²) in [6.45, 7) is 4.78. The monoisotopic (exact) mass is 290 g/mol. The van der Waals surface area contributed by atoms with Gasteiger partial charge in [0.05, 0.1) is 12.2 Å². The number of aliphatic carboxylic acids is 1. The second-order valence-electron chi connectivity index (χ2n) is 4.78. The normalized spacial score (nSPS) is 24.9. The maximum Gasteiger partial charge on any atom is 0.326 e. The van der Waals surface area contributed by atoms with Gasteiger partial charge in [-0.15, -0.1) is 0 Å². The number of urea groups is 1. The summed E-state index contributed by atoms with van der Waals surface area (Å²) in [7, 11) is 0. The van der Waals surface area contributed by atoms with Gasteiger partial charge in [0, 0.05) is 13.1 Å². The summed E-state index contributed by atoms with van der Waals surface area (Å²) < 4.78 is 5.54. The number of amides is 2. The van der Waals surface area contributed by atoms with Gasteiger partial charge in [0.2, 0.25) is 0 Å². The fourth-order valence-corrected chi connectivity index (χ4v) is 2.55.